The summed E-state index contributed by atoms with van der Waals surface area (Å²) >= 11 is 0. The fourth-order valence-corrected chi connectivity index (χ4v) is 2.87. The maximum absolute atomic E-state index is 14.0. The number of rotatable bonds is 2. The lowest BCUT2D eigenvalue weighted by atomic mass is 10.1. The molecule has 0 aromatic heterocycles. The first-order chi connectivity index (χ1) is 9.75. The second-order valence-corrected chi connectivity index (χ2v) is 5.31. The van der Waals surface area contributed by atoms with E-state index < -0.39 is 0 Å². The molecular formula is C17H19FN2. The molecule has 0 radical (unpaired) electrons. The van der Waals surface area contributed by atoms with E-state index in [9.17, 15) is 4.39 Å². The van der Waals surface area contributed by atoms with Gasteiger partial charge in [-0.15, -0.1) is 0 Å². The molecule has 2 nitrogen and oxygen atoms in total. The first-order valence-corrected chi connectivity index (χ1v) is 7.11. The van der Waals surface area contributed by atoms with Crippen molar-refractivity contribution in [2.24, 2.45) is 0 Å². The Labute approximate surface area is 119 Å². The van der Waals surface area contributed by atoms with Gasteiger partial charge in [0, 0.05) is 30.0 Å². The highest BCUT2D eigenvalue weighted by Gasteiger charge is 2.17. The van der Waals surface area contributed by atoms with Gasteiger partial charge in [-0.3, -0.25) is 0 Å². The third-order valence-electron chi connectivity index (χ3n) is 3.96. The number of nitrogens with two attached hydrogens (primary N) is 1. The number of anilines is 2. The Kier molecular flexibility index (Phi) is 3.59. The predicted octanol–water partition coefficient (Wildman–Crippen LogP) is 3.75. The monoisotopic (exact) mass is 270 g/mol. The molecule has 0 atom stereocenters. The molecule has 1 aliphatic rings. The number of aryl methyl sites for hydroxylation is 1. The number of hydrogen-bond acceptors (Lipinski definition) is 2. The number of nitrogen functional groups attached to an aromatic ring is 1. The summed E-state index contributed by atoms with van der Waals surface area (Å²) in [6.45, 7) is 1.49. The fourth-order valence-electron chi connectivity index (χ4n) is 2.87. The maximum atomic E-state index is 14.0. The molecule has 2 N–H and O–H groups in total. The van der Waals surface area contributed by atoms with Crippen LogP contribution in [0.2, 0.25) is 0 Å². The van der Waals surface area contributed by atoms with Gasteiger partial charge in [-0.2, -0.15) is 0 Å². The molecule has 20 heavy (non-hydrogen) atoms. The van der Waals surface area contributed by atoms with E-state index in [0.29, 0.717) is 17.8 Å². The molecule has 0 aliphatic carbocycles. The van der Waals surface area contributed by atoms with Crippen molar-refractivity contribution < 1.29 is 4.39 Å². The van der Waals surface area contributed by atoms with Crippen LogP contribution in [0, 0.1) is 5.82 Å². The highest BCUT2D eigenvalue weighted by Crippen LogP contribution is 2.29. The summed E-state index contributed by atoms with van der Waals surface area (Å²) in [7, 11) is 0. The molecule has 0 unspecified atom stereocenters. The fraction of sp³-hybridized carbons (Fsp3) is 0.294. The van der Waals surface area contributed by atoms with Crippen LogP contribution in [0.3, 0.4) is 0 Å². The van der Waals surface area contributed by atoms with Crippen LogP contribution in [0.1, 0.15) is 24.0 Å². The average Bonchev–Trinajstić information content (AvgIpc) is 2.66. The van der Waals surface area contributed by atoms with E-state index in [2.05, 4.69) is 23.1 Å². The minimum Gasteiger partial charge on any atom is -0.398 e. The van der Waals surface area contributed by atoms with Crippen LogP contribution in [0.4, 0.5) is 15.8 Å². The second kappa shape index (κ2) is 5.53. The van der Waals surface area contributed by atoms with Crippen LogP contribution in [0.15, 0.2) is 42.5 Å². The smallest absolute Gasteiger partial charge is 0.130 e. The van der Waals surface area contributed by atoms with Crippen LogP contribution < -0.4 is 10.6 Å². The highest BCUT2D eigenvalue weighted by atomic mass is 19.1. The molecule has 3 rings (SSSR count). The first kappa shape index (κ1) is 13.0. The van der Waals surface area contributed by atoms with Gasteiger partial charge in [0.2, 0.25) is 0 Å². The Balaban J connectivity index is 1.94. The van der Waals surface area contributed by atoms with Gasteiger partial charge in [-0.05, 0) is 43.0 Å². The number of fused-ring (bicyclic) bond motifs is 1. The highest BCUT2D eigenvalue weighted by molar-refractivity contribution is 5.57. The Bertz CT molecular complexity index is 589. The summed E-state index contributed by atoms with van der Waals surface area (Å²) < 4.78 is 14.0. The van der Waals surface area contributed by atoms with Gasteiger partial charge in [-0.1, -0.05) is 24.3 Å². The van der Waals surface area contributed by atoms with Crippen LogP contribution in [-0.2, 0) is 13.0 Å². The molecule has 2 aromatic carbocycles. The summed E-state index contributed by atoms with van der Waals surface area (Å²) in [5.74, 6) is -0.216. The zero-order valence-corrected chi connectivity index (χ0v) is 11.5. The van der Waals surface area contributed by atoms with Gasteiger partial charge in [0.1, 0.15) is 5.82 Å². The van der Waals surface area contributed by atoms with Crippen molar-refractivity contribution in [3.05, 3.63) is 59.4 Å². The number of nitrogens with zero attached hydrogens (tertiary/aromatic N) is 1. The van der Waals surface area contributed by atoms with E-state index in [-0.39, 0.29) is 5.82 Å². The van der Waals surface area contributed by atoms with Gasteiger partial charge in [0.15, 0.2) is 0 Å². The average molecular weight is 270 g/mol. The van der Waals surface area contributed by atoms with Crippen molar-refractivity contribution in [2.75, 3.05) is 17.2 Å². The molecule has 1 heterocycles. The maximum Gasteiger partial charge on any atom is 0.130 e. The Morgan fingerprint density at radius 2 is 1.90 bits per heavy atom. The molecule has 0 fully saturated rings. The standard InChI is InChI=1S/C17H19FN2/c18-15-8-5-9-16(19)14(15)12-20-11-4-3-7-13-6-1-2-10-17(13)20/h1-2,5-6,8-10H,3-4,7,11-12,19H2. The molecule has 0 saturated carbocycles. The van der Waals surface area contributed by atoms with Crippen LogP contribution in [0.5, 0.6) is 0 Å². The summed E-state index contributed by atoms with van der Waals surface area (Å²) in [4.78, 5) is 2.25. The lowest BCUT2D eigenvalue weighted by Gasteiger charge is -2.25. The molecule has 0 bridgehead atoms. The molecule has 0 amide bonds. The molecule has 104 valence electrons. The van der Waals surface area contributed by atoms with E-state index in [0.717, 1.165) is 19.4 Å². The molecule has 3 heteroatoms. The van der Waals surface area contributed by atoms with E-state index in [1.807, 2.05) is 6.07 Å². The van der Waals surface area contributed by atoms with Crippen molar-refractivity contribution in [3.63, 3.8) is 0 Å². The number of benzene rings is 2. The first-order valence-electron chi connectivity index (χ1n) is 7.11. The van der Waals surface area contributed by atoms with Crippen molar-refractivity contribution in [2.45, 2.75) is 25.8 Å². The SMILES string of the molecule is Nc1cccc(F)c1CN1CCCCc2ccccc21. The van der Waals surface area contributed by atoms with E-state index in [4.69, 9.17) is 5.73 Å². The van der Waals surface area contributed by atoms with Crippen LogP contribution in [0.25, 0.3) is 0 Å². The molecule has 2 aromatic rings. The zero-order chi connectivity index (χ0) is 13.9. The normalized spacial score (nSPS) is 14.8. The topological polar surface area (TPSA) is 29.3 Å². The quantitative estimate of drug-likeness (QED) is 0.842. The lowest BCUT2D eigenvalue weighted by Crippen LogP contribution is -2.24. The van der Waals surface area contributed by atoms with Gasteiger partial charge in [-0.25, -0.2) is 4.39 Å². The molecule has 1 aliphatic heterocycles. The molecule has 0 saturated heterocycles. The summed E-state index contributed by atoms with van der Waals surface area (Å²) in [6, 6.07) is 13.3. The van der Waals surface area contributed by atoms with Gasteiger partial charge >= 0.3 is 0 Å². The van der Waals surface area contributed by atoms with Crippen LogP contribution >= 0.6 is 0 Å². The van der Waals surface area contributed by atoms with Crippen molar-refractivity contribution in [1.29, 1.82) is 0 Å². The summed E-state index contributed by atoms with van der Waals surface area (Å²) in [5.41, 5.74) is 9.63. The van der Waals surface area contributed by atoms with Crippen molar-refractivity contribution >= 4 is 11.4 Å². The molecule has 0 spiro atoms. The zero-order valence-electron chi connectivity index (χ0n) is 11.5. The minimum atomic E-state index is -0.216. The lowest BCUT2D eigenvalue weighted by molar-refractivity contribution is 0.603. The summed E-state index contributed by atoms with van der Waals surface area (Å²) in [5, 5.41) is 0. The molecular weight excluding hydrogens is 251 g/mol. The van der Waals surface area contributed by atoms with Gasteiger partial charge < -0.3 is 10.6 Å². The Morgan fingerprint density at radius 3 is 2.75 bits per heavy atom. The number of para-hydroxylation sites is 1. The van der Waals surface area contributed by atoms with E-state index in [1.165, 1.54) is 23.7 Å². The predicted molar refractivity (Wildman–Crippen MR) is 81.2 cm³/mol. The second-order valence-electron chi connectivity index (χ2n) is 5.31. The third-order valence-corrected chi connectivity index (χ3v) is 3.96. The number of hydrogen-bond donors (Lipinski definition) is 1. The van der Waals surface area contributed by atoms with Crippen molar-refractivity contribution in [3.8, 4) is 0 Å². The third kappa shape index (κ3) is 2.48. The van der Waals surface area contributed by atoms with Crippen LogP contribution in [-0.4, -0.2) is 6.54 Å². The van der Waals surface area contributed by atoms with E-state index >= 15 is 0 Å². The van der Waals surface area contributed by atoms with Gasteiger partial charge in [0.25, 0.3) is 0 Å². The van der Waals surface area contributed by atoms with Crippen molar-refractivity contribution in [1.82, 2.24) is 0 Å². The Hall–Kier alpha value is -2.03. The summed E-state index contributed by atoms with van der Waals surface area (Å²) in [6.07, 6.45) is 3.41. The van der Waals surface area contributed by atoms with Gasteiger partial charge in [0.05, 0.1) is 0 Å². The minimum absolute atomic E-state index is 0.216. The largest absolute Gasteiger partial charge is 0.398 e. The van der Waals surface area contributed by atoms with E-state index in [1.54, 1.807) is 12.1 Å². The number of halogens is 1. The Morgan fingerprint density at radius 1 is 1.05 bits per heavy atom.